The van der Waals surface area contributed by atoms with Crippen molar-refractivity contribution in [2.45, 2.75) is 101 Å². The van der Waals surface area contributed by atoms with Crippen LogP contribution in [0.3, 0.4) is 0 Å². The Morgan fingerprint density at radius 3 is 1.91 bits per heavy atom. The highest BCUT2D eigenvalue weighted by Gasteiger charge is 2.37. The third-order valence-corrected chi connectivity index (χ3v) is 6.99. The third-order valence-electron chi connectivity index (χ3n) is 6.99. The Hall–Kier alpha value is -0.320. The van der Waals surface area contributed by atoms with Crippen molar-refractivity contribution in [3.05, 3.63) is 0 Å². The molecular weight excluding hydrogens is 412 g/mol. The van der Waals surface area contributed by atoms with Crippen molar-refractivity contribution in [1.82, 2.24) is 4.90 Å². The maximum Gasteiger partial charge on any atom is 0.109 e. The summed E-state index contributed by atoms with van der Waals surface area (Å²) >= 11 is 0. The van der Waals surface area contributed by atoms with E-state index in [1.165, 1.54) is 0 Å². The lowest BCUT2D eigenvalue weighted by Crippen LogP contribution is -2.49. The maximum absolute atomic E-state index is 10.6. The van der Waals surface area contributed by atoms with Crippen LogP contribution in [0, 0.1) is 11.8 Å². The number of aliphatic hydroxyl groups excluding tert-OH is 5. The van der Waals surface area contributed by atoms with Gasteiger partial charge in [0.1, 0.15) is 6.10 Å². The first-order valence-electron chi connectivity index (χ1n) is 12.8. The summed E-state index contributed by atoms with van der Waals surface area (Å²) in [4.78, 5) is 2.33. The highest BCUT2D eigenvalue weighted by Crippen LogP contribution is 2.30. The Kier molecular flexibility index (Phi) is 13.6. The van der Waals surface area contributed by atoms with Crippen molar-refractivity contribution in [2.75, 3.05) is 39.4 Å². The monoisotopic (exact) mass is 460 g/mol. The van der Waals surface area contributed by atoms with E-state index in [1.807, 2.05) is 0 Å². The number of aliphatic hydroxyl groups is 5. The summed E-state index contributed by atoms with van der Waals surface area (Å²) in [5.41, 5.74) is 5.51. The Bertz CT molecular complexity index is 463. The number of ether oxygens (including phenoxy) is 1. The molecule has 0 bridgehead atoms. The molecule has 8 nitrogen and oxygen atoms in total. The molecule has 4 unspecified atom stereocenters. The van der Waals surface area contributed by atoms with E-state index in [-0.39, 0.29) is 18.4 Å². The Labute approximate surface area is 193 Å². The van der Waals surface area contributed by atoms with Gasteiger partial charge in [0.2, 0.25) is 0 Å². The largest absolute Gasteiger partial charge is 0.396 e. The van der Waals surface area contributed by atoms with Crippen LogP contribution in [0.25, 0.3) is 0 Å². The van der Waals surface area contributed by atoms with E-state index in [4.69, 9.17) is 15.6 Å². The summed E-state index contributed by atoms with van der Waals surface area (Å²) in [5, 5.41) is 50.5. The normalized spacial score (nSPS) is 33.7. The zero-order valence-corrected chi connectivity index (χ0v) is 19.7. The molecule has 0 aromatic carbocycles. The van der Waals surface area contributed by atoms with Gasteiger partial charge in [0.25, 0.3) is 0 Å². The predicted octanol–water partition coefficient (Wildman–Crippen LogP) is 0.619. The zero-order valence-electron chi connectivity index (χ0n) is 19.7. The van der Waals surface area contributed by atoms with Crippen LogP contribution in [0.1, 0.15) is 70.6 Å². The van der Waals surface area contributed by atoms with Gasteiger partial charge in [0.05, 0.1) is 24.4 Å². The molecule has 0 heterocycles. The summed E-state index contributed by atoms with van der Waals surface area (Å²) in [6, 6.07) is 0. The van der Waals surface area contributed by atoms with Gasteiger partial charge in [-0.05, 0) is 82.7 Å². The number of rotatable bonds is 15. The average molecular weight is 461 g/mol. The van der Waals surface area contributed by atoms with E-state index in [0.717, 1.165) is 58.2 Å². The van der Waals surface area contributed by atoms with Crippen LogP contribution in [-0.2, 0) is 4.74 Å². The second-order valence-corrected chi connectivity index (χ2v) is 10.1. The Morgan fingerprint density at radius 2 is 1.31 bits per heavy atom. The number of hydrogen-bond acceptors (Lipinski definition) is 8. The van der Waals surface area contributed by atoms with Crippen LogP contribution in [0.5, 0.6) is 0 Å². The highest BCUT2D eigenvalue weighted by atomic mass is 16.5. The molecule has 0 aromatic heterocycles. The molecule has 2 aliphatic rings. The fourth-order valence-corrected chi connectivity index (χ4v) is 5.45. The first kappa shape index (κ1) is 27.9. The van der Waals surface area contributed by atoms with Crippen molar-refractivity contribution in [3.8, 4) is 0 Å². The van der Waals surface area contributed by atoms with Gasteiger partial charge in [-0.1, -0.05) is 12.8 Å². The van der Waals surface area contributed by atoms with E-state index in [1.54, 1.807) is 0 Å². The van der Waals surface area contributed by atoms with E-state index >= 15 is 0 Å². The molecule has 7 N–H and O–H groups in total. The average Bonchev–Trinajstić information content (AvgIpc) is 2.71. The fourth-order valence-electron chi connectivity index (χ4n) is 5.45. The van der Waals surface area contributed by atoms with E-state index < -0.39 is 30.5 Å². The summed E-state index contributed by atoms with van der Waals surface area (Å²) in [5.74, 6) is 0.397. The van der Waals surface area contributed by atoms with Gasteiger partial charge in [-0.25, -0.2) is 0 Å². The molecule has 0 radical (unpaired) electrons. The van der Waals surface area contributed by atoms with E-state index in [2.05, 4.69) is 4.90 Å². The molecule has 32 heavy (non-hydrogen) atoms. The molecular formula is C24H48N2O6. The van der Waals surface area contributed by atoms with Crippen molar-refractivity contribution < 1.29 is 30.3 Å². The molecule has 8 heteroatoms. The molecule has 0 aromatic rings. The first-order valence-corrected chi connectivity index (χ1v) is 12.8. The van der Waals surface area contributed by atoms with E-state index in [0.29, 0.717) is 45.3 Å². The summed E-state index contributed by atoms with van der Waals surface area (Å²) in [7, 11) is 0. The lowest BCUT2D eigenvalue weighted by Gasteiger charge is -2.40. The zero-order chi connectivity index (χ0) is 23.3. The topological polar surface area (TPSA) is 140 Å². The fraction of sp³-hybridized carbons (Fsp3) is 1.00. The molecule has 0 spiro atoms. The Morgan fingerprint density at radius 1 is 0.719 bits per heavy atom. The maximum atomic E-state index is 10.6. The van der Waals surface area contributed by atoms with Crippen LogP contribution < -0.4 is 5.73 Å². The third kappa shape index (κ3) is 10.3. The van der Waals surface area contributed by atoms with Crippen LogP contribution in [-0.4, -0.2) is 100 Å². The molecule has 190 valence electrons. The van der Waals surface area contributed by atoms with Crippen molar-refractivity contribution >= 4 is 0 Å². The molecule has 0 aliphatic heterocycles. The predicted molar refractivity (Wildman–Crippen MR) is 124 cm³/mol. The lowest BCUT2D eigenvalue weighted by atomic mass is 9.82. The highest BCUT2D eigenvalue weighted by molar-refractivity contribution is 4.89. The summed E-state index contributed by atoms with van der Waals surface area (Å²) in [6.45, 7) is 3.79. The second kappa shape index (κ2) is 15.6. The molecule has 2 saturated carbocycles. The van der Waals surface area contributed by atoms with Crippen molar-refractivity contribution in [1.29, 1.82) is 0 Å². The molecule has 0 amide bonds. The minimum atomic E-state index is -0.676. The number of unbranched alkanes of at least 4 members (excludes halogenated alkanes) is 4. The SMILES string of the molecule is NCCCCCCOC1C(O)CC(CN(CCCCO)CC2CC(O)C[C@@H](O)C2)CC1O. The van der Waals surface area contributed by atoms with Crippen molar-refractivity contribution in [3.63, 3.8) is 0 Å². The van der Waals surface area contributed by atoms with Crippen LogP contribution >= 0.6 is 0 Å². The minimum absolute atomic E-state index is 0.164. The van der Waals surface area contributed by atoms with E-state index in [9.17, 15) is 20.4 Å². The van der Waals surface area contributed by atoms with Gasteiger partial charge >= 0.3 is 0 Å². The molecule has 2 fully saturated rings. The number of hydrogen-bond donors (Lipinski definition) is 6. The van der Waals surface area contributed by atoms with Gasteiger partial charge in [-0.15, -0.1) is 0 Å². The number of nitrogens with zero attached hydrogens (tertiary/aromatic N) is 1. The summed E-state index contributed by atoms with van der Waals surface area (Å²) < 4.78 is 5.84. The lowest BCUT2D eigenvalue weighted by molar-refractivity contribution is -0.135. The van der Waals surface area contributed by atoms with Crippen LogP contribution in [0.4, 0.5) is 0 Å². The quantitative estimate of drug-likeness (QED) is 0.196. The van der Waals surface area contributed by atoms with Gasteiger partial charge < -0.3 is 40.9 Å². The summed E-state index contributed by atoms with van der Waals surface area (Å²) in [6.07, 6.45) is 5.96. The smallest absolute Gasteiger partial charge is 0.109 e. The van der Waals surface area contributed by atoms with Gasteiger partial charge in [-0.2, -0.15) is 0 Å². The van der Waals surface area contributed by atoms with Crippen molar-refractivity contribution in [2.24, 2.45) is 17.6 Å². The second-order valence-electron chi connectivity index (χ2n) is 10.1. The molecule has 5 atom stereocenters. The van der Waals surface area contributed by atoms with Gasteiger partial charge in [0.15, 0.2) is 0 Å². The first-order chi connectivity index (χ1) is 15.4. The molecule has 2 aliphatic carbocycles. The van der Waals surface area contributed by atoms with Gasteiger partial charge in [-0.3, -0.25) is 0 Å². The Balaban J connectivity index is 1.81. The standard InChI is InChI=1S/C24H48N2O6/c25-7-3-1-2-6-10-32-24-22(30)13-19(14-23(24)31)17-26(8-4-5-9-27)16-18-11-20(28)15-21(29)12-18/h18-24,27-31H,1-17,25H2/t18?,19?,20-,21?,22?,23?,24?/m0/s1. The van der Waals surface area contributed by atoms with Crippen LogP contribution in [0.2, 0.25) is 0 Å². The minimum Gasteiger partial charge on any atom is -0.396 e. The number of nitrogens with two attached hydrogens (primary N) is 1. The van der Waals surface area contributed by atoms with Crippen LogP contribution in [0.15, 0.2) is 0 Å². The van der Waals surface area contributed by atoms with Gasteiger partial charge in [0, 0.05) is 26.3 Å². The molecule has 0 saturated heterocycles. The molecule has 2 rings (SSSR count).